The van der Waals surface area contributed by atoms with E-state index in [2.05, 4.69) is 5.32 Å². The van der Waals surface area contributed by atoms with Gasteiger partial charge in [-0.05, 0) is 36.5 Å². The van der Waals surface area contributed by atoms with Crippen molar-refractivity contribution in [2.75, 3.05) is 31.6 Å². The molecule has 104 valence electrons. The second-order valence-electron chi connectivity index (χ2n) is 4.10. The van der Waals surface area contributed by atoms with Gasteiger partial charge in [0.15, 0.2) is 5.11 Å². The van der Waals surface area contributed by atoms with E-state index >= 15 is 0 Å². The molecule has 0 unspecified atom stereocenters. The lowest BCUT2D eigenvalue weighted by atomic mass is 10.3. The zero-order valence-corrected chi connectivity index (χ0v) is 11.8. The molecule has 19 heavy (non-hydrogen) atoms. The minimum absolute atomic E-state index is 0.0790. The van der Waals surface area contributed by atoms with Crippen LogP contribution >= 0.6 is 12.2 Å². The van der Waals surface area contributed by atoms with Crippen molar-refractivity contribution in [2.45, 2.75) is 4.90 Å². The van der Waals surface area contributed by atoms with Gasteiger partial charge in [-0.2, -0.15) is 0 Å². The van der Waals surface area contributed by atoms with Gasteiger partial charge >= 0.3 is 0 Å². The predicted molar refractivity (Wildman–Crippen MR) is 76.4 cm³/mol. The summed E-state index contributed by atoms with van der Waals surface area (Å²) in [6.45, 7) is 2.82. The normalized spacial score (nSPS) is 16.2. The lowest BCUT2D eigenvalue weighted by Gasteiger charge is -2.29. The van der Waals surface area contributed by atoms with Crippen molar-refractivity contribution in [3.05, 3.63) is 24.3 Å². The number of nitrogens with one attached hydrogen (secondary N) is 1. The summed E-state index contributed by atoms with van der Waals surface area (Å²) >= 11 is 5.28. The first kappa shape index (κ1) is 14.2. The van der Waals surface area contributed by atoms with Crippen LogP contribution in [0.2, 0.25) is 0 Å². The largest absolute Gasteiger partial charge is 0.378 e. The number of ether oxygens (including phenoxy) is 1. The summed E-state index contributed by atoms with van der Waals surface area (Å²) in [5.74, 6) is 0. The van der Waals surface area contributed by atoms with Gasteiger partial charge in [0.25, 0.3) is 0 Å². The molecule has 1 aliphatic rings. The highest BCUT2D eigenvalue weighted by atomic mass is 32.2. The average molecular weight is 301 g/mol. The van der Waals surface area contributed by atoms with Gasteiger partial charge in [0.05, 0.1) is 18.1 Å². The Morgan fingerprint density at radius 2 is 1.84 bits per heavy atom. The van der Waals surface area contributed by atoms with Gasteiger partial charge < -0.3 is 15.0 Å². The number of sulfonamides is 1. The number of anilines is 1. The number of rotatable bonds is 2. The second kappa shape index (κ2) is 5.83. The SMILES string of the molecule is NS(=O)(=O)c1ccc(NC(=S)N2CCOCC2)cc1. The van der Waals surface area contributed by atoms with Crippen LogP contribution in [0.3, 0.4) is 0 Å². The lowest BCUT2D eigenvalue weighted by Crippen LogP contribution is -2.42. The maximum atomic E-state index is 11.1. The van der Waals surface area contributed by atoms with Crippen LogP contribution in [0.5, 0.6) is 0 Å². The zero-order valence-electron chi connectivity index (χ0n) is 10.2. The molecule has 1 aliphatic heterocycles. The standard InChI is InChI=1S/C11H15N3O3S2/c12-19(15,16)10-3-1-9(2-4-10)13-11(18)14-5-7-17-8-6-14/h1-4H,5-8H2,(H,13,18)(H2,12,15,16). The number of hydrogen-bond donors (Lipinski definition) is 2. The summed E-state index contributed by atoms with van der Waals surface area (Å²) in [5, 5.41) is 8.69. The van der Waals surface area contributed by atoms with Crippen LogP contribution in [0.15, 0.2) is 29.2 Å². The molecule has 0 spiro atoms. The first-order valence-corrected chi connectivity index (χ1v) is 7.69. The Labute approximate surface area is 117 Å². The third-order valence-electron chi connectivity index (χ3n) is 2.73. The number of morpholine rings is 1. The zero-order chi connectivity index (χ0) is 13.9. The Morgan fingerprint density at radius 1 is 1.26 bits per heavy atom. The van der Waals surface area contributed by atoms with Crippen LogP contribution in [-0.4, -0.2) is 44.7 Å². The molecular weight excluding hydrogens is 286 g/mol. The highest BCUT2D eigenvalue weighted by Gasteiger charge is 2.14. The van der Waals surface area contributed by atoms with E-state index in [9.17, 15) is 8.42 Å². The summed E-state index contributed by atoms with van der Waals surface area (Å²) in [4.78, 5) is 2.09. The van der Waals surface area contributed by atoms with Crippen LogP contribution in [0.1, 0.15) is 0 Å². The monoisotopic (exact) mass is 301 g/mol. The maximum absolute atomic E-state index is 11.1. The van der Waals surface area contributed by atoms with E-state index in [-0.39, 0.29) is 4.90 Å². The summed E-state index contributed by atoms with van der Waals surface area (Å²) < 4.78 is 27.5. The molecule has 6 nitrogen and oxygen atoms in total. The second-order valence-corrected chi connectivity index (χ2v) is 6.05. The van der Waals surface area contributed by atoms with E-state index in [1.54, 1.807) is 12.1 Å². The number of nitrogens with zero attached hydrogens (tertiary/aromatic N) is 1. The fraction of sp³-hybridized carbons (Fsp3) is 0.364. The van der Waals surface area contributed by atoms with E-state index in [4.69, 9.17) is 22.1 Å². The summed E-state index contributed by atoms with van der Waals surface area (Å²) in [5.41, 5.74) is 0.726. The first-order chi connectivity index (χ1) is 8.97. The fourth-order valence-corrected chi connectivity index (χ4v) is 2.51. The first-order valence-electron chi connectivity index (χ1n) is 5.73. The molecule has 2 rings (SSSR count). The van der Waals surface area contributed by atoms with Crippen LogP contribution in [0.25, 0.3) is 0 Å². The number of nitrogens with two attached hydrogens (primary N) is 1. The molecule has 1 aromatic rings. The Morgan fingerprint density at radius 3 is 2.37 bits per heavy atom. The number of benzene rings is 1. The molecule has 1 fully saturated rings. The molecule has 1 saturated heterocycles. The highest BCUT2D eigenvalue weighted by Crippen LogP contribution is 2.13. The Hall–Kier alpha value is -1.22. The molecule has 0 radical (unpaired) electrons. The van der Waals surface area contributed by atoms with Gasteiger partial charge in [0.1, 0.15) is 0 Å². The van der Waals surface area contributed by atoms with Crippen molar-refractivity contribution in [2.24, 2.45) is 5.14 Å². The van der Waals surface area contributed by atoms with Crippen molar-refractivity contribution >= 4 is 33.0 Å². The summed E-state index contributed by atoms with van der Waals surface area (Å²) in [7, 11) is -3.66. The van der Waals surface area contributed by atoms with Gasteiger partial charge in [-0.1, -0.05) is 0 Å². The third kappa shape index (κ3) is 3.87. The van der Waals surface area contributed by atoms with E-state index < -0.39 is 10.0 Å². The minimum atomic E-state index is -3.66. The smallest absolute Gasteiger partial charge is 0.238 e. The molecule has 0 atom stereocenters. The van der Waals surface area contributed by atoms with Gasteiger partial charge in [0.2, 0.25) is 10.0 Å². The molecule has 0 saturated carbocycles. The quantitative estimate of drug-likeness (QED) is 0.768. The third-order valence-corrected chi connectivity index (χ3v) is 4.02. The summed E-state index contributed by atoms with van der Waals surface area (Å²) in [6, 6.07) is 6.15. The predicted octanol–water partition coefficient (Wildman–Crippen LogP) is 0.363. The van der Waals surface area contributed by atoms with Crippen LogP contribution in [-0.2, 0) is 14.8 Å². The molecule has 0 aliphatic carbocycles. The highest BCUT2D eigenvalue weighted by molar-refractivity contribution is 7.89. The van der Waals surface area contributed by atoms with Gasteiger partial charge in [-0.25, -0.2) is 13.6 Å². The van der Waals surface area contributed by atoms with E-state index in [1.165, 1.54) is 12.1 Å². The van der Waals surface area contributed by atoms with E-state index in [0.29, 0.717) is 18.3 Å². The van der Waals surface area contributed by atoms with Crippen molar-refractivity contribution in [3.63, 3.8) is 0 Å². The molecule has 8 heteroatoms. The van der Waals surface area contributed by atoms with E-state index in [1.807, 2.05) is 4.90 Å². The molecule has 1 heterocycles. The maximum Gasteiger partial charge on any atom is 0.238 e. The van der Waals surface area contributed by atoms with Gasteiger partial charge in [-0.15, -0.1) is 0 Å². The number of primary sulfonamides is 1. The Kier molecular flexibility index (Phi) is 4.35. The lowest BCUT2D eigenvalue weighted by molar-refractivity contribution is 0.0690. The Balaban J connectivity index is 2.01. The average Bonchev–Trinajstić information content (AvgIpc) is 2.39. The van der Waals surface area contributed by atoms with Crippen molar-refractivity contribution in [1.29, 1.82) is 0 Å². The molecule has 3 N–H and O–H groups in total. The molecule has 0 amide bonds. The van der Waals surface area contributed by atoms with Crippen LogP contribution < -0.4 is 10.5 Å². The van der Waals surface area contributed by atoms with E-state index in [0.717, 1.165) is 18.8 Å². The number of thiocarbonyl (C=S) groups is 1. The summed E-state index contributed by atoms with van der Waals surface area (Å²) in [6.07, 6.45) is 0. The molecular formula is C11H15N3O3S2. The van der Waals surface area contributed by atoms with Crippen molar-refractivity contribution < 1.29 is 13.2 Å². The number of hydrogen-bond acceptors (Lipinski definition) is 4. The Bertz CT molecular complexity index is 551. The molecule has 0 aromatic heterocycles. The molecule has 0 bridgehead atoms. The minimum Gasteiger partial charge on any atom is -0.378 e. The van der Waals surface area contributed by atoms with Gasteiger partial charge in [-0.3, -0.25) is 0 Å². The van der Waals surface area contributed by atoms with Crippen molar-refractivity contribution in [3.8, 4) is 0 Å². The topological polar surface area (TPSA) is 84.7 Å². The molecule has 1 aromatic carbocycles. The van der Waals surface area contributed by atoms with Crippen LogP contribution in [0, 0.1) is 0 Å². The van der Waals surface area contributed by atoms with Gasteiger partial charge in [0, 0.05) is 18.8 Å². The fourth-order valence-electron chi connectivity index (χ4n) is 1.70. The van der Waals surface area contributed by atoms with Crippen molar-refractivity contribution in [1.82, 2.24) is 4.90 Å². The van der Waals surface area contributed by atoms with Crippen LogP contribution in [0.4, 0.5) is 5.69 Å².